The molecule has 0 aromatic carbocycles. The van der Waals surface area contributed by atoms with Crippen LogP contribution in [-0.4, -0.2) is 49.4 Å². The second kappa shape index (κ2) is 4.89. The topological polar surface area (TPSA) is 36.9 Å². The van der Waals surface area contributed by atoms with Gasteiger partial charge in [-0.05, 0) is 24.9 Å². The Morgan fingerprint density at radius 3 is 3.43 bits per heavy atom. The van der Waals surface area contributed by atoms with Gasteiger partial charge in [0.25, 0.3) is 0 Å². The predicted octanol–water partition coefficient (Wildman–Crippen LogP) is 0.705. The summed E-state index contributed by atoms with van der Waals surface area (Å²) in [5, 5.41) is 3.43. The fraction of sp³-hybridized carbons (Fsp3) is 0.889. The highest BCUT2D eigenvalue weighted by Crippen LogP contribution is 2.11. The quantitative estimate of drug-likeness (QED) is 0.703. The molecule has 1 atom stereocenters. The average molecular weight is 215 g/mol. The minimum absolute atomic E-state index is 0.440. The van der Waals surface area contributed by atoms with Crippen molar-refractivity contribution in [3.8, 4) is 0 Å². The molecule has 0 bridgehead atoms. The van der Waals surface area contributed by atoms with Gasteiger partial charge in [0.1, 0.15) is 0 Å². The zero-order chi connectivity index (χ0) is 9.80. The average Bonchev–Trinajstić information content (AvgIpc) is 2.26. The van der Waals surface area contributed by atoms with Gasteiger partial charge in [-0.3, -0.25) is 4.99 Å². The third-order valence-electron chi connectivity index (χ3n) is 2.62. The van der Waals surface area contributed by atoms with E-state index in [-0.39, 0.29) is 0 Å². The monoisotopic (exact) mass is 215 g/mol. The van der Waals surface area contributed by atoms with Crippen molar-refractivity contribution in [3.05, 3.63) is 0 Å². The molecule has 14 heavy (non-hydrogen) atoms. The molecular weight excluding hydrogens is 198 g/mol. The van der Waals surface area contributed by atoms with Crippen molar-refractivity contribution in [1.29, 1.82) is 0 Å². The number of nitrogens with one attached hydrogen (secondary N) is 1. The van der Waals surface area contributed by atoms with Crippen molar-refractivity contribution in [3.63, 3.8) is 0 Å². The van der Waals surface area contributed by atoms with Crippen LogP contribution < -0.4 is 5.32 Å². The van der Waals surface area contributed by atoms with E-state index in [1.54, 1.807) is 0 Å². The Kier molecular flexibility index (Phi) is 3.53. The van der Waals surface area contributed by atoms with E-state index in [0.717, 1.165) is 38.6 Å². The van der Waals surface area contributed by atoms with Crippen LogP contribution in [0.1, 0.15) is 12.8 Å². The van der Waals surface area contributed by atoms with E-state index >= 15 is 0 Å². The van der Waals surface area contributed by atoms with Crippen LogP contribution in [0.3, 0.4) is 0 Å². The molecule has 4 nitrogen and oxygen atoms in total. The first-order chi connectivity index (χ1) is 6.90. The minimum Gasteiger partial charge on any atom is -0.351 e. The Morgan fingerprint density at radius 2 is 2.57 bits per heavy atom. The molecule has 1 unspecified atom stereocenters. The predicted molar refractivity (Wildman–Crippen MR) is 59.5 cm³/mol. The smallest absolute Gasteiger partial charge is 0.194 e. The van der Waals surface area contributed by atoms with E-state index in [9.17, 15) is 0 Å². The van der Waals surface area contributed by atoms with Crippen LogP contribution >= 0.6 is 12.0 Å². The van der Waals surface area contributed by atoms with Gasteiger partial charge in [0, 0.05) is 25.9 Å². The van der Waals surface area contributed by atoms with Gasteiger partial charge in [-0.2, -0.15) is 0 Å². The van der Waals surface area contributed by atoms with E-state index in [4.69, 9.17) is 4.18 Å². The maximum Gasteiger partial charge on any atom is 0.194 e. The van der Waals surface area contributed by atoms with Gasteiger partial charge >= 0.3 is 0 Å². The number of guanidine groups is 1. The van der Waals surface area contributed by atoms with Crippen LogP contribution in [0.15, 0.2) is 4.99 Å². The summed E-state index contributed by atoms with van der Waals surface area (Å²) in [5.41, 5.74) is 0. The van der Waals surface area contributed by atoms with Crippen LogP contribution in [0, 0.1) is 0 Å². The van der Waals surface area contributed by atoms with Crippen molar-refractivity contribution in [2.45, 2.75) is 18.9 Å². The number of fused-ring (bicyclic) bond motifs is 1. The highest BCUT2D eigenvalue weighted by atomic mass is 32.2. The van der Waals surface area contributed by atoms with Gasteiger partial charge < -0.3 is 14.4 Å². The van der Waals surface area contributed by atoms with Crippen molar-refractivity contribution in [2.75, 3.05) is 32.5 Å². The molecule has 1 N–H and O–H groups in total. The van der Waals surface area contributed by atoms with Gasteiger partial charge in [0.15, 0.2) is 5.96 Å². The molecule has 2 aliphatic heterocycles. The SMILES string of the molecule is CSOCC1CCN2CCCN=C2N1. The van der Waals surface area contributed by atoms with Gasteiger partial charge in [-0.1, -0.05) is 0 Å². The molecule has 1 fully saturated rings. The summed E-state index contributed by atoms with van der Waals surface area (Å²) in [5.74, 6) is 1.08. The molecule has 1 saturated heterocycles. The molecule has 0 aromatic heterocycles. The van der Waals surface area contributed by atoms with Crippen LogP contribution in [-0.2, 0) is 4.18 Å². The second-order valence-electron chi connectivity index (χ2n) is 3.63. The lowest BCUT2D eigenvalue weighted by Gasteiger charge is -2.37. The first kappa shape index (κ1) is 10.1. The molecule has 5 heteroatoms. The lowest BCUT2D eigenvalue weighted by Crippen LogP contribution is -2.55. The van der Waals surface area contributed by atoms with Gasteiger partial charge in [0.05, 0.1) is 12.6 Å². The first-order valence-electron chi connectivity index (χ1n) is 5.11. The second-order valence-corrected chi connectivity index (χ2v) is 4.20. The van der Waals surface area contributed by atoms with E-state index in [2.05, 4.69) is 15.2 Å². The number of hydrogen-bond acceptors (Lipinski definition) is 5. The third kappa shape index (κ3) is 2.33. The van der Waals surface area contributed by atoms with E-state index in [0.29, 0.717) is 6.04 Å². The van der Waals surface area contributed by atoms with Crippen molar-refractivity contribution in [1.82, 2.24) is 10.2 Å². The molecule has 2 heterocycles. The number of rotatable bonds is 3. The highest BCUT2D eigenvalue weighted by Gasteiger charge is 2.24. The molecule has 0 amide bonds. The van der Waals surface area contributed by atoms with Gasteiger partial charge in [-0.15, -0.1) is 0 Å². The molecule has 0 aliphatic carbocycles. The lowest BCUT2D eigenvalue weighted by molar-refractivity contribution is 0.251. The first-order valence-corrected chi connectivity index (χ1v) is 6.26. The summed E-state index contributed by atoms with van der Waals surface area (Å²) in [6, 6.07) is 0.440. The van der Waals surface area contributed by atoms with Gasteiger partial charge in [0.2, 0.25) is 0 Å². The Labute approximate surface area is 89.3 Å². The zero-order valence-corrected chi connectivity index (χ0v) is 9.35. The summed E-state index contributed by atoms with van der Waals surface area (Å²) in [6.07, 6.45) is 4.30. The van der Waals surface area contributed by atoms with Crippen LogP contribution in [0.4, 0.5) is 0 Å². The maximum atomic E-state index is 5.33. The molecule has 0 saturated carbocycles. The number of nitrogens with zero attached hydrogens (tertiary/aromatic N) is 2. The lowest BCUT2D eigenvalue weighted by atomic mass is 10.1. The van der Waals surface area contributed by atoms with Crippen LogP contribution in [0.25, 0.3) is 0 Å². The summed E-state index contributed by atoms with van der Waals surface area (Å²) < 4.78 is 5.33. The molecular formula is C9H17N3OS. The molecule has 0 aromatic rings. The fourth-order valence-electron chi connectivity index (χ4n) is 1.85. The third-order valence-corrected chi connectivity index (χ3v) is 2.99. The van der Waals surface area contributed by atoms with E-state index < -0.39 is 0 Å². The maximum absolute atomic E-state index is 5.33. The fourth-order valence-corrected chi connectivity index (χ4v) is 2.15. The standard InChI is InChI=1S/C9H17N3OS/c1-14-13-7-8-3-6-12-5-2-4-10-9(12)11-8/h8H,2-7H2,1H3,(H,10,11). The van der Waals surface area contributed by atoms with E-state index in [1.165, 1.54) is 18.5 Å². The van der Waals surface area contributed by atoms with Crippen LogP contribution in [0.5, 0.6) is 0 Å². The molecule has 2 rings (SSSR count). The number of hydrogen-bond donors (Lipinski definition) is 1. The summed E-state index contributed by atoms with van der Waals surface area (Å²) in [6.45, 7) is 4.01. The molecule has 2 aliphatic rings. The van der Waals surface area contributed by atoms with Crippen LogP contribution in [0.2, 0.25) is 0 Å². The Hall–Kier alpha value is -0.420. The van der Waals surface area contributed by atoms with Gasteiger partial charge in [-0.25, -0.2) is 0 Å². The molecule has 0 radical (unpaired) electrons. The van der Waals surface area contributed by atoms with E-state index in [1.807, 2.05) is 6.26 Å². The summed E-state index contributed by atoms with van der Waals surface area (Å²) >= 11 is 1.43. The molecule has 0 spiro atoms. The number of aliphatic imine (C=N–C) groups is 1. The van der Waals surface area contributed by atoms with Crippen molar-refractivity contribution in [2.24, 2.45) is 4.99 Å². The highest BCUT2D eigenvalue weighted by molar-refractivity contribution is 7.93. The Balaban J connectivity index is 1.85. The molecule has 80 valence electrons. The summed E-state index contributed by atoms with van der Waals surface area (Å²) in [4.78, 5) is 6.81. The normalized spacial score (nSPS) is 26.5. The van der Waals surface area contributed by atoms with Crippen molar-refractivity contribution >= 4 is 18.0 Å². The Morgan fingerprint density at radius 1 is 1.64 bits per heavy atom. The zero-order valence-electron chi connectivity index (χ0n) is 8.53. The Bertz CT molecular complexity index is 222. The largest absolute Gasteiger partial charge is 0.351 e. The summed E-state index contributed by atoms with van der Waals surface area (Å²) in [7, 11) is 0. The van der Waals surface area contributed by atoms with Crippen molar-refractivity contribution < 1.29 is 4.18 Å². The minimum atomic E-state index is 0.440.